The van der Waals surface area contributed by atoms with E-state index < -0.39 is 8.32 Å². The molecule has 0 spiro atoms. The van der Waals surface area contributed by atoms with Crippen molar-refractivity contribution in [2.45, 2.75) is 39.4 Å². The summed E-state index contributed by atoms with van der Waals surface area (Å²) in [6.07, 6.45) is 2.02. The molecule has 0 unspecified atom stereocenters. The highest BCUT2D eigenvalue weighted by Gasteiger charge is 2.47. The highest BCUT2D eigenvalue weighted by atomic mass is 28.4. The van der Waals surface area contributed by atoms with Gasteiger partial charge in [-0.15, -0.1) is 0 Å². The van der Waals surface area contributed by atoms with E-state index in [1.165, 1.54) is 0 Å². The van der Waals surface area contributed by atoms with Crippen molar-refractivity contribution in [1.29, 1.82) is 0 Å². The second kappa shape index (κ2) is 2.34. The van der Waals surface area contributed by atoms with Crippen LogP contribution in [0.3, 0.4) is 0 Å². The molecule has 0 aromatic rings. The minimum atomic E-state index is -1.64. The molecule has 0 heterocycles. The van der Waals surface area contributed by atoms with E-state index in [1.54, 1.807) is 0 Å². The van der Waals surface area contributed by atoms with Gasteiger partial charge in [0.05, 0.1) is 5.41 Å². The maximum atomic E-state index is 11.4. The predicted molar refractivity (Wildman–Crippen MR) is 46.8 cm³/mol. The van der Waals surface area contributed by atoms with E-state index in [1.807, 2.05) is 26.6 Å². The Kier molecular flexibility index (Phi) is 1.87. The van der Waals surface area contributed by atoms with Crippen LogP contribution in [0.1, 0.15) is 19.8 Å². The fraction of sp³-hybridized carbons (Fsp3) is 0.875. The molecule has 1 saturated carbocycles. The molecule has 0 saturated heterocycles. The van der Waals surface area contributed by atoms with Gasteiger partial charge in [-0.3, -0.25) is 4.79 Å². The zero-order valence-electron chi connectivity index (χ0n) is 7.73. The second-order valence-electron chi connectivity index (χ2n) is 4.56. The van der Waals surface area contributed by atoms with Crippen LogP contribution in [0.2, 0.25) is 19.6 Å². The largest absolute Gasteiger partial charge is 0.519 e. The summed E-state index contributed by atoms with van der Waals surface area (Å²) in [6, 6.07) is 0. The molecule has 0 N–H and O–H groups in total. The normalized spacial score (nSPS) is 21.1. The Morgan fingerprint density at radius 3 is 2.09 bits per heavy atom. The second-order valence-corrected chi connectivity index (χ2v) is 8.99. The Hall–Kier alpha value is -0.313. The minimum absolute atomic E-state index is 0.0247. The third-order valence-electron chi connectivity index (χ3n) is 1.89. The molecule has 0 amide bonds. The monoisotopic (exact) mass is 172 g/mol. The zero-order chi connectivity index (χ0) is 8.70. The molecule has 0 aromatic carbocycles. The third-order valence-corrected chi connectivity index (χ3v) is 2.69. The third kappa shape index (κ3) is 2.33. The van der Waals surface area contributed by atoms with Crippen LogP contribution in [-0.2, 0) is 9.22 Å². The van der Waals surface area contributed by atoms with Gasteiger partial charge in [-0.25, -0.2) is 0 Å². The highest BCUT2D eigenvalue weighted by molar-refractivity contribution is 6.71. The van der Waals surface area contributed by atoms with Crippen LogP contribution in [0.25, 0.3) is 0 Å². The van der Waals surface area contributed by atoms with Gasteiger partial charge >= 0.3 is 0 Å². The van der Waals surface area contributed by atoms with Gasteiger partial charge in [-0.1, -0.05) is 0 Å². The fourth-order valence-corrected chi connectivity index (χ4v) is 1.60. The molecule has 0 radical (unpaired) electrons. The molecular weight excluding hydrogens is 156 g/mol. The van der Waals surface area contributed by atoms with Gasteiger partial charge in [0.25, 0.3) is 5.97 Å². The van der Waals surface area contributed by atoms with Crippen molar-refractivity contribution >= 4 is 14.3 Å². The first-order valence-corrected chi connectivity index (χ1v) is 7.48. The lowest BCUT2D eigenvalue weighted by Gasteiger charge is -2.19. The molecule has 1 aliphatic carbocycles. The number of rotatable bonds is 2. The molecule has 3 heteroatoms. The van der Waals surface area contributed by atoms with E-state index in [0.29, 0.717) is 0 Å². The number of carbonyl (C=O) groups is 1. The van der Waals surface area contributed by atoms with E-state index in [0.717, 1.165) is 12.8 Å². The lowest BCUT2D eigenvalue weighted by Crippen LogP contribution is -2.32. The lowest BCUT2D eigenvalue weighted by atomic mass is 10.2. The molecule has 1 fully saturated rings. The molecule has 64 valence electrons. The van der Waals surface area contributed by atoms with Crippen molar-refractivity contribution in [3.8, 4) is 0 Å². The first kappa shape index (κ1) is 8.78. The van der Waals surface area contributed by atoms with E-state index in [-0.39, 0.29) is 11.4 Å². The van der Waals surface area contributed by atoms with Gasteiger partial charge in [0.15, 0.2) is 0 Å². The summed E-state index contributed by atoms with van der Waals surface area (Å²) in [5.41, 5.74) is -0.111. The average Bonchev–Trinajstić information content (AvgIpc) is 2.44. The maximum Gasteiger partial charge on any atom is 0.298 e. The van der Waals surface area contributed by atoms with E-state index in [4.69, 9.17) is 4.43 Å². The van der Waals surface area contributed by atoms with Gasteiger partial charge in [0, 0.05) is 0 Å². The Bertz CT molecular complexity index is 177. The Balaban J connectivity index is 2.45. The maximum absolute atomic E-state index is 11.4. The molecule has 0 atom stereocenters. The Labute approximate surface area is 69.1 Å². The molecule has 0 aliphatic heterocycles. The molecular formula is C8H16O2Si. The molecule has 11 heavy (non-hydrogen) atoms. The van der Waals surface area contributed by atoms with Crippen LogP contribution in [0.4, 0.5) is 0 Å². The average molecular weight is 172 g/mol. The standard InChI is InChI=1S/C8H16O2Si/c1-8(5-6-8)7(9)10-11(2,3)4/h5-6H2,1-4H3. The smallest absolute Gasteiger partial charge is 0.298 e. The van der Waals surface area contributed by atoms with Gasteiger partial charge in [0.1, 0.15) is 0 Å². The number of hydrogen-bond acceptors (Lipinski definition) is 2. The van der Waals surface area contributed by atoms with E-state index >= 15 is 0 Å². The van der Waals surface area contributed by atoms with Crippen molar-refractivity contribution in [2.24, 2.45) is 5.41 Å². The van der Waals surface area contributed by atoms with Crippen molar-refractivity contribution in [1.82, 2.24) is 0 Å². The lowest BCUT2D eigenvalue weighted by molar-refractivity contribution is -0.140. The van der Waals surface area contributed by atoms with Crippen LogP contribution in [-0.4, -0.2) is 14.3 Å². The minimum Gasteiger partial charge on any atom is -0.519 e. The van der Waals surface area contributed by atoms with Crippen molar-refractivity contribution in [2.75, 3.05) is 0 Å². The fourth-order valence-electron chi connectivity index (χ4n) is 0.793. The summed E-state index contributed by atoms with van der Waals surface area (Å²) in [5.74, 6) is 0.0247. The SMILES string of the molecule is CC1(C(=O)O[Si](C)(C)C)CC1. The van der Waals surface area contributed by atoms with Gasteiger partial charge in [-0.2, -0.15) is 0 Å². The van der Waals surface area contributed by atoms with Gasteiger partial charge < -0.3 is 4.43 Å². The van der Waals surface area contributed by atoms with Crippen molar-refractivity contribution in [3.63, 3.8) is 0 Å². The first-order valence-electron chi connectivity index (χ1n) is 4.07. The topological polar surface area (TPSA) is 26.3 Å². The van der Waals surface area contributed by atoms with Crippen LogP contribution >= 0.6 is 0 Å². The van der Waals surface area contributed by atoms with Crippen LogP contribution in [0.5, 0.6) is 0 Å². The summed E-state index contributed by atoms with van der Waals surface area (Å²) < 4.78 is 5.36. The van der Waals surface area contributed by atoms with E-state index in [2.05, 4.69) is 0 Å². The predicted octanol–water partition coefficient (Wildman–Crippen LogP) is 2.16. The Morgan fingerprint density at radius 1 is 1.36 bits per heavy atom. The summed E-state index contributed by atoms with van der Waals surface area (Å²) in [7, 11) is -1.64. The molecule has 1 rings (SSSR count). The van der Waals surface area contributed by atoms with Gasteiger partial charge in [0.2, 0.25) is 8.32 Å². The quantitative estimate of drug-likeness (QED) is 0.597. The summed E-state index contributed by atoms with van der Waals surface area (Å²) >= 11 is 0. The first-order chi connectivity index (χ1) is 4.83. The van der Waals surface area contributed by atoms with E-state index in [9.17, 15) is 4.79 Å². The summed E-state index contributed by atoms with van der Waals surface area (Å²) in [4.78, 5) is 11.4. The molecule has 0 bridgehead atoms. The van der Waals surface area contributed by atoms with Crippen LogP contribution in [0, 0.1) is 5.41 Å². The van der Waals surface area contributed by atoms with Gasteiger partial charge in [-0.05, 0) is 39.4 Å². The van der Waals surface area contributed by atoms with Crippen LogP contribution in [0.15, 0.2) is 0 Å². The Morgan fingerprint density at radius 2 is 1.82 bits per heavy atom. The molecule has 0 aromatic heterocycles. The number of hydrogen-bond donors (Lipinski definition) is 0. The highest BCUT2D eigenvalue weighted by Crippen LogP contribution is 2.46. The summed E-state index contributed by atoms with van der Waals surface area (Å²) in [6.45, 7) is 8.10. The summed E-state index contributed by atoms with van der Waals surface area (Å²) in [5, 5.41) is 0. The molecule has 2 nitrogen and oxygen atoms in total. The van der Waals surface area contributed by atoms with Crippen LogP contribution < -0.4 is 0 Å². The zero-order valence-corrected chi connectivity index (χ0v) is 8.73. The van der Waals surface area contributed by atoms with Crippen molar-refractivity contribution < 1.29 is 9.22 Å². The molecule has 1 aliphatic rings. The van der Waals surface area contributed by atoms with Crippen molar-refractivity contribution in [3.05, 3.63) is 0 Å². The number of carbonyl (C=O) groups excluding carboxylic acids is 1.